The van der Waals surface area contributed by atoms with Gasteiger partial charge in [-0.2, -0.15) is 5.10 Å². The maximum absolute atomic E-state index is 13.5. The Kier molecular flexibility index (Phi) is 2.82. The second-order valence-corrected chi connectivity index (χ2v) is 4.01. The number of nitrogens with two attached hydrogens (primary N) is 2. The Bertz CT molecular complexity index is 569. The van der Waals surface area contributed by atoms with E-state index < -0.39 is 0 Å². The summed E-state index contributed by atoms with van der Waals surface area (Å²) in [5.74, 6) is -0.505. The highest BCUT2D eigenvalue weighted by Crippen LogP contribution is 2.25. The van der Waals surface area contributed by atoms with Crippen LogP contribution in [0.1, 0.15) is 5.56 Å². The molecule has 0 amide bonds. The van der Waals surface area contributed by atoms with Gasteiger partial charge in [-0.15, -0.1) is 16.4 Å². The molecule has 0 spiro atoms. The van der Waals surface area contributed by atoms with Crippen molar-refractivity contribution in [2.75, 3.05) is 0 Å². The number of guanidine groups is 1. The first-order chi connectivity index (χ1) is 7.68. The lowest BCUT2D eigenvalue weighted by molar-refractivity contribution is 0.628. The minimum Gasteiger partial charge on any atom is -0.369 e. The normalized spacial score (nSPS) is 11.1. The van der Waals surface area contributed by atoms with Crippen molar-refractivity contribution < 1.29 is 4.39 Å². The molecule has 4 nitrogen and oxygen atoms in total. The van der Waals surface area contributed by atoms with Crippen LogP contribution in [0.25, 0.3) is 10.1 Å². The minimum atomic E-state index is -0.347. The van der Waals surface area contributed by atoms with Crippen molar-refractivity contribution in [2.45, 2.75) is 0 Å². The SMILES string of the molecule is NC(N)=NN=Cc1c(F)ccc2sccc12. The standard InChI is InChI=1S/C10H9FN4S/c11-8-1-2-9-6(3-4-16-9)7(8)5-14-15-10(12)13/h1-5H,(H4,12,13,15). The lowest BCUT2D eigenvalue weighted by Crippen LogP contribution is -2.21. The summed E-state index contributed by atoms with van der Waals surface area (Å²) in [5.41, 5.74) is 10.6. The van der Waals surface area contributed by atoms with Crippen LogP contribution in [0.5, 0.6) is 0 Å². The van der Waals surface area contributed by atoms with E-state index in [1.54, 1.807) is 6.07 Å². The molecule has 0 aliphatic rings. The van der Waals surface area contributed by atoms with Gasteiger partial charge in [-0.25, -0.2) is 4.39 Å². The number of rotatable bonds is 2. The molecular weight excluding hydrogens is 227 g/mol. The van der Waals surface area contributed by atoms with Crippen LogP contribution in [0.3, 0.4) is 0 Å². The molecule has 0 radical (unpaired) electrons. The van der Waals surface area contributed by atoms with E-state index >= 15 is 0 Å². The number of thiophene rings is 1. The van der Waals surface area contributed by atoms with E-state index in [0.717, 1.165) is 10.1 Å². The number of hydrogen-bond acceptors (Lipinski definition) is 3. The van der Waals surface area contributed by atoms with Crippen molar-refractivity contribution in [2.24, 2.45) is 21.7 Å². The van der Waals surface area contributed by atoms with Crippen LogP contribution in [0, 0.1) is 5.82 Å². The quantitative estimate of drug-likeness (QED) is 0.472. The molecule has 0 aliphatic carbocycles. The molecule has 1 aromatic carbocycles. The smallest absolute Gasteiger partial charge is 0.211 e. The first kappa shape index (κ1) is 10.6. The van der Waals surface area contributed by atoms with Crippen LogP contribution in [0.15, 0.2) is 33.8 Å². The van der Waals surface area contributed by atoms with Gasteiger partial charge in [-0.3, -0.25) is 0 Å². The van der Waals surface area contributed by atoms with Gasteiger partial charge in [0, 0.05) is 15.6 Å². The van der Waals surface area contributed by atoms with Crippen LogP contribution < -0.4 is 11.5 Å². The predicted molar refractivity (Wildman–Crippen MR) is 65.2 cm³/mol. The summed E-state index contributed by atoms with van der Waals surface area (Å²) in [6.07, 6.45) is 1.31. The number of fused-ring (bicyclic) bond motifs is 1. The van der Waals surface area contributed by atoms with Gasteiger partial charge in [0.15, 0.2) is 0 Å². The van der Waals surface area contributed by atoms with E-state index in [1.807, 2.05) is 11.4 Å². The van der Waals surface area contributed by atoms with E-state index in [1.165, 1.54) is 23.6 Å². The van der Waals surface area contributed by atoms with Crippen LogP contribution in [0.2, 0.25) is 0 Å². The summed E-state index contributed by atoms with van der Waals surface area (Å²) in [7, 11) is 0. The van der Waals surface area contributed by atoms with Crippen LogP contribution in [-0.2, 0) is 0 Å². The van der Waals surface area contributed by atoms with E-state index in [9.17, 15) is 4.39 Å². The average molecular weight is 236 g/mol. The molecule has 2 rings (SSSR count). The monoisotopic (exact) mass is 236 g/mol. The molecule has 0 unspecified atom stereocenters. The lowest BCUT2D eigenvalue weighted by Gasteiger charge is -1.97. The van der Waals surface area contributed by atoms with Crippen LogP contribution in [0.4, 0.5) is 4.39 Å². The highest BCUT2D eigenvalue weighted by atomic mass is 32.1. The van der Waals surface area contributed by atoms with Gasteiger partial charge < -0.3 is 11.5 Å². The highest BCUT2D eigenvalue weighted by molar-refractivity contribution is 7.17. The third-order valence-corrected chi connectivity index (χ3v) is 2.87. The summed E-state index contributed by atoms with van der Waals surface area (Å²) in [4.78, 5) is 0. The third-order valence-electron chi connectivity index (χ3n) is 1.98. The van der Waals surface area contributed by atoms with Crippen molar-refractivity contribution in [1.29, 1.82) is 0 Å². The van der Waals surface area contributed by atoms with Gasteiger partial charge in [0.2, 0.25) is 5.96 Å². The van der Waals surface area contributed by atoms with E-state index in [2.05, 4.69) is 10.2 Å². The van der Waals surface area contributed by atoms with Gasteiger partial charge in [0.05, 0.1) is 6.21 Å². The van der Waals surface area contributed by atoms with Crippen molar-refractivity contribution in [3.8, 4) is 0 Å². The fourth-order valence-electron chi connectivity index (χ4n) is 1.32. The summed E-state index contributed by atoms with van der Waals surface area (Å²) in [5, 5.41) is 9.74. The molecule has 4 N–H and O–H groups in total. The number of halogens is 1. The zero-order valence-electron chi connectivity index (χ0n) is 8.22. The summed E-state index contributed by atoms with van der Waals surface area (Å²) in [6.45, 7) is 0. The van der Waals surface area contributed by atoms with Crippen molar-refractivity contribution >= 4 is 33.6 Å². The molecule has 1 aromatic heterocycles. The molecule has 2 aromatic rings. The molecule has 82 valence electrons. The number of nitrogens with zero attached hydrogens (tertiary/aromatic N) is 2. The molecule has 6 heteroatoms. The Balaban J connectivity index is 2.50. The average Bonchev–Trinajstić information content (AvgIpc) is 2.69. The second-order valence-electron chi connectivity index (χ2n) is 3.06. The molecule has 0 fully saturated rings. The Labute approximate surface area is 95.1 Å². The minimum absolute atomic E-state index is 0.158. The van der Waals surface area contributed by atoms with Gasteiger partial charge in [0.1, 0.15) is 5.82 Å². The third kappa shape index (κ3) is 2.01. The second kappa shape index (κ2) is 4.28. The summed E-state index contributed by atoms with van der Waals surface area (Å²) < 4.78 is 14.5. The highest BCUT2D eigenvalue weighted by Gasteiger charge is 2.05. The summed E-state index contributed by atoms with van der Waals surface area (Å²) >= 11 is 1.54. The maximum atomic E-state index is 13.5. The number of benzene rings is 1. The Morgan fingerprint density at radius 3 is 2.88 bits per heavy atom. The van der Waals surface area contributed by atoms with E-state index in [4.69, 9.17) is 11.5 Å². The fraction of sp³-hybridized carbons (Fsp3) is 0. The zero-order chi connectivity index (χ0) is 11.5. The van der Waals surface area contributed by atoms with Crippen molar-refractivity contribution in [1.82, 2.24) is 0 Å². The molecule has 0 saturated carbocycles. The first-order valence-electron chi connectivity index (χ1n) is 4.46. The molecule has 0 aliphatic heterocycles. The fourth-order valence-corrected chi connectivity index (χ4v) is 2.13. The summed E-state index contributed by atoms with van der Waals surface area (Å²) in [6, 6.07) is 4.96. The van der Waals surface area contributed by atoms with E-state index in [0.29, 0.717) is 5.56 Å². The zero-order valence-corrected chi connectivity index (χ0v) is 9.04. The topological polar surface area (TPSA) is 76.8 Å². The molecule has 1 heterocycles. The Hall–Kier alpha value is -1.95. The molecule has 0 bridgehead atoms. The largest absolute Gasteiger partial charge is 0.369 e. The van der Waals surface area contributed by atoms with Crippen molar-refractivity contribution in [3.05, 3.63) is 35.0 Å². The molecule has 0 saturated heterocycles. The van der Waals surface area contributed by atoms with Crippen molar-refractivity contribution in [3.63, 3.8) is 0 Å². The number of hydrogen-bond donors (Lipinski definition) is 2. The lowest BCUT2D eigenvalue weighted by atomic mass is 10.1. The van der Waals surface area contributed by atoms with Crippen LogP contribution in [-0.4, -0.2) is 12.2 Å². The molecule has 0 atom stereocenters. The maximum Gasteiger partial charge on any atom is 0.211 e. The first-order valence-corrected chi connectivity index (χ1v) is 5.34. The van der Waals surface area contributed by atoms with Gasteiger partial charge in [-0.05, 0) is 23.6 Å². The molecule has 16 heavy (non-hydrogen) atoms. The Morgan fingerprint density at radius 1 is 1.31 bits per heavy atom. The van der Waals surface area contributed by atoms with Gasteiger partial charge in [-0.1, -0.05) is 0 Å². The van der Waals surface area contributed by atoms with Gasteiger partial charge in [0.25, 0.3) is 0 Å². The Morgan fingerprint density at radius 2 is 2.12 bits per heavy atom. The van der Waals surface area contributed by atoms with E-state index in [-0.39, 0.29) is 11.8 Å². The van der Waals surface area contributed by atoms with Gasteiger partial charge >= 0.3 is 0 Å². The van der Waals surface area contributed by atoms with Crippen LogP contribution >= 0.6 is 11.3 Å². The predicted octanol–water partition coefficient (Wildman–Crippen LogP) is 1.65. The molecular formula is C10H9FN4S.